The lowest BCUT2D eigenvalue weighted by Gasteiger charge is -2.10. The molecule has 2 amide bonds. The summed E-state index contributed by atoms with van der Waals surface area (Å²) in [6.45, 7) is 1.23. The molecule has 3 N–H and O–H groups in total. The first-order valence-corrected chi connectivity index (χ1v) is 6.39. The zero-order chi connectivity index (χ0) is 15.7. The highest BCUT2D eigenvalue weighted by atomic mass is 16.5. The van der Waals surface area contributed by atoms with Crippen molar-refractivity contribution in [2.24, 2.45) is 0 Å². The van der Waals surface area contributed by atoms with Crippen LogP contribution in [0.25, 0.3) is 0 Å². The van der Waals surface area contributed by atoms with Crippen LogP contribution in [-0.2, 0) is 9.59 Å². The number of carbonyl (C=O) groups excluding carboxylic acids is 2. The minimum atomic E-state index is -0.357. The number of hydrogen-bond acceptors (Lipinski definition) is 4. The van der Waals surface area contributed by atoms with E-state index in [0.29, 0.717) is 23.4 Å². The number of rotatable bonds is 5. The van der Waals surface area contributed by atoms with Gasteiger partial charge < -0.3 is 20.5 Å². The third-order valence-electron chi connectivity index (χ3n) is 2.44. The van der Waals surface area contributed by atoms with Crippen LogP contribution in [0.15, 0.2) is 18.2 Å². The van der Waals surface area contributed by atoms with Gasteiger partial charge in [-0.2, -0.15) is 0 Å². The Morgan fingerprint density at radius 3 is 2.76 bits per heavy atom. The average Bonchev–Trinajstić information content (AvgIpc) is 2.46. The minimum Gasteiger partial charge on any atom is -0.495 e. The van der Waals surface area contributed by atoms with E-state index in [1.54, 1.807) is 18.2 Å². The van der Waals surface area contributed by atoms with Gasteiger partial charge in [-0.15, -0.1) is 0 Å². The smallest absolute Gasteiger partial charge is 0.243 e. The molecule has 0 unspecified atom stereocenters. The zero-order valence-corrected chi connectivity index (χ0v) is 12.0. The van der Waals surface area contributed by atoms with Crippen molar-refractivity contribution >= 4 is 17.5 Å². The topological polar surface area (TPSA) is 87.7 Å². The fraction of sp³-hybridized carbons (Fsp3) is 0.333. The van der Waals surface area contributed by atoms with Gasteiger partial charge in [-0.3, -0.25) is 9.59 Å². The molecule has 0 aliphatic heterocycles. The summed E-state index contributed by atoms with van der Waals surface area (Å²) in [6.07, 6.45) is 0.385. The number of benzene rings is 1. The molecule has 0 aliphatic rings. The fourth-order valence-electron chi connectivity index (χ4n) is 1.50. The van der Waals surface area contributed by atoms with Gasteiger partial charge in [0.05, 0.1) is 25.9 Å². The van der Waals surface area contributed by atoms with Crippen LogP contribution in [0.3, 0.4) is 0 Å². The third-order valence-corrected chi connectivity index (χ3v) is 2.44. The van der Waals surface area contributed by atoms with Crippen molar-refractivity contribution in [1.29, 1.82) is 0 Å². The number of ether oxygens (including phenoxy) is 1. The molecular weight excluding hydrogens is 272 g/mol. The average molecular weight is 290 g/mol. The Hall–Kier alpha value is -2.52. The van der Waals surface area contributed by atoms with E-state index in [1.165, 1.54) is 14.0 Å². The summed E-state index contributed by atoms with van der Waals surface area (Å²) in [6, 6.07) is 5.12. The maximum Gasteiger partial charge on any atom is 0.243 e. The molecule has 0 bridgehead atoms. The van der Waals surface area contributed by atoms with Gasteiger partial charge in [0.1, 0.15) is 5.75 Å². The predicted molar refractivity (Wildman–Crippen MR) is 78.9 cm³/mol. The van der Waals surface area contributed by atoms with Crippen molar-refractivity contribution in [1.82, 2.24) is 5.32 Å². The summed E-state index contributed by atoms with van der Waals surface area (Å²) in [5.41, 5.74) is 1.17. The Bertz CT molecular complexity index is 573. The van der Waals surface area contributed by atoms with Crippen LogP contribution in [0.5, 0.6) is 5.75 Å². The number of hydrogen-bond donors (Lipinski definition) is 3. The summed E-state index contributed by atoms with van der Waals surface area (Å²) >= 11 is 0. The van der Waals surface area contributed by atoms with Crippen molar-refractivity contribution in [2.45, 2.75) is 13.3 Å². The van der Waals surface area contributed by atoms with E-state index < -0.39 is 0 Å². The van der Waals surface area contributed by atoms with E-state index >= 15 is 0 Å². The third kappa shape index (κ3) is 5.97. The Kier molecular flexibility index (Phi) is 6.78. The summed E-state index contributed by atoms with van der Waals surface area (Å²) in [7, 11) is 1.50. The lowest BCUT2D eigenvalue weighted by Crippen LogP contribution is -2.31. The van der Waals surface area contributed by atoms with Gasteiger partial charge in [0.15, 0.2) is 0 Å². The number of nitrogens with one attached hydrogen (secondary N) is 2. The monoisotopic (exact) mass is 290 g/mol. The van der Waals surface area contributed by atoms with Crippen LogP contribution in [-0.4, -0.2) is 37.2 Å². The Balaban J connectivity index is 2.83. The van der Waals surface area contributed by atoms with E-state index in [4.69, 9.17) is 9.84 Å². The fourth-order valence-corrected chi connectivity index (χ4v) is 1.50. The van der Waals surface area contributed by atoms with Gasteiger partial charge in [0, 0.05) is 18.9 Å². The molecular formula is C15H18N2O4. The molecule has 0 spiro atoms. The maximum atomic E-state index is 11.7. The lowest BCUT2D eigenvalue weighted by atomic mass is 10.2. The number of amides is 2. The second-order valence-electron chi connectivity index (χ2n) is 4.15. The van der Waals surface area contributed by atoms with Crippen LogP contribution in [0.1, 0.15) is 18.9 Å². The quantitative estimate of drug-likeness (QED) is 0.689. The largest absolute Gasteiger partial charge is 0.495 e. The van der Waals surface area contributed by atoms with Crippen molar-refractivity contribution in [3.8, 4) is 17.6 Å². The van der Waals surface area contributed by atoms with Crippen molar-refractivity contribution in [3.63, 3.8) is 0 Å². The molecule has 21 heavy (non-hydrogen) atoms. The molecule has 0 heterocycles. The SMILES string of the molecule is COc1ccc(C#CCCO)cc1NC(=O)CNC(C)=O. The summed E-state index contributed by atoms with van der Waals surface area (Å²) in [5, 5.41) is 13.8. The molecule has 0 atom stereocenters. The molecule has 1 aromatic carbocycles. The highest BCUT2D eigenvalue weighted by Crippen LogP contribution is 2.25. The van der Waals surface area contributed by atoms with Gasteiger partial charge in [0.25, 0.3) is 0 Å². The van der Waals surface area contributed by atoms with Crippen LogP contribution in [0.2, 0.25) is 0 Å². The van der Waals surface area contributed by atoms with E-state index in [-0.39, 0.29) is 25.0 Å². The molecule has 6 nitrogen and oxygen atoms in total. The Labute approximate surface area is 123 Å². The van der Waals surface area contributed by atoms with Crippen LogP contribution >= 0.6 is 0 Å². The zero-order valence-electron chi connectivity index (χ0n) is 12.0. The molecule has 0 saturated carbocycles. The second kappa shape index (κ2) is 8.61. The summed E-state index contributed by atoms with van der Waals surface area (Å²) in [4.78, 5) is 22.5. The first-order chi connectivity index (χ1) is 10.1. The van der Waals surface area contributed by atoms with E-state index in [2.05, 4.69) is 22.5 Å². The lowest BCUT2D eigenvalue weighted by molar-refractivity contribution is -0.122. The number of methoxy groups -OCH3 is 1. The molecule has 6 heteroatoms. The highest BCUT2D eigenvalue weighted by Gasteiger charge is 2.08. The van der Waals surface area contributed by atoms with Crippen molar-refractivity contribution in [3.05, 3.63) is 23.8 Å². The normalized spacial score (nSPS) is 9.29. The van der Waals surface area contributed by atoms with Gasteiger partial charge in [-0.25, -0.2) is 0 Å². The second-order valence-corrected chi connectivity index (χ2v) is 4.15. The number of anilines is 1. The number of aliphatic hydroxyl groups is 1. The molecule has 0 aliphatic carbocycles. The van der Waals surface area contributed by atoms with Crippen LogP contribution in [0.4, 0.5) is 5.69 Å². The number of carbonyl (C=O) groups is 2. The molecule has 1 aromatic rings. The van der Waals surface area contributed by atoms with Crippen molar-refractivity contribution in [2.75, 3.05) is 25.6 Å². The Morgan fingerprint density at radius 2 is 2.14 bits per heavy atom. The molecule has 112 valence electrons. The maximum absolute atomic E-state index is 11.7. The predicted octanol–water partition coefficient (Wildman–Crippen LogP) is 0.504. The van der Waals surface area contributed by atoms with Gasteiger partial charge in [0.2, 0.25) is 11.8 Å². The minimum absolute atomic E-state index is 0.00344. The van der Waals surface area contributed by atoms with Gasteiger partial charge in [-0.05, 0) is 18.2 Å². The van der Waals surface area contributed by atoms with Gasteiger partial charge >= 0.3 is 0 Å². The first-order valence-electron chi connectivity index (χ1n) is 6.39. The summed E-state index contributed by atoms with van der Waals surface area (Å²) < 4.78 is 5.16. The molecule has 0 saturated heterocycles. The molecule has 0 aromatic heterocycles. The molecule has 0 fully saturated rings. The van der Waals surface area contributed by atoms with Crippen molar-refractivity contribution < 1.29 is 19.4 Å². The van der Waals surface area contributed by atoms with E-state index in [0.717, 1.165) is 0 Å². The highest BCUT2D eigenvalue weighted by molar-refractivity contribution is 5.95. The van der Waals surface area contributed by atoms with Gasteiger partial charge in [-0.1, -0.05) is 11.8 Å². The molecule has 1 rings (SSSR count). The number of aliphatic hydroxyl groups excluding tert-OH is 1. The van der Waals surface area contributed by atoms with E-state index in [9.17, 15) is 9.59 Å². The Morgan fingerprint density at radius 1 is 1.38 bits per heavy atom. The first kappa shape index (κ1) is 16.5. The summed E-state index contributed by atoms with van der Waals surface area (Å²) in [5.74, 6) is 5.54. The standard InChI is InChI=1S/C15H18N2O4/c1-11(19)16-10-15(20)17-13-9-12(5-3-4-8-18)6-7-14(13)21-2/h6-7,9,18H,4,8,10H2,1-2H3,(H,16,19)(H,17,20). The van der Waals surface area contributed by atoms with E-state index in [1.807, 2.05) is 0 Å². The van der Waals surface area contributed by atoms with Crippen LogP contribution < -0.4 is 15.4 Å². The molecule has 0 radical (unpaired) electrons. The van der Waals surface area contributed by atoms with Crippen LogP contribution in [0, 0.1) is 11.8 Å².